The first-order chi connectivity index (χ1) is 9.49. The van der Waals surface area contributed by atoms with Crippen molar-refractivity contribution in [1.82, 2.24) is 4.98 Å². The van der Waals surface area contributed by atoms with Gasteiger partial charge in [-0.1, -0.05) is 32.1 Å². The lowest BCUT2D eigenvalue weighted by Crippen LogP contribution is -2.11. The highest BCUT2D eigenvalue weighted by Gasteiger charge is 2.10. The number of rotatable bonds is 4. The Morgan fingerprint density at radius 3 is 2.65 bits per heavy atom. The molecule has 20 heavy (non-hydrogen) atoms. The third kappa shape index (κ3) is 3.14. The average Bonchev–Trinajstić information content (AvgIpc) is 2.38. The van der Waals surface area contributed by atoms with Crippen LogP contribution in [0.4, 0.5) is 0 Å². The van der Waals surface area contributed by atoms with E-state index in [-0.39, 0.29) is 4.99 Å². The number of thiocarbonyl (C=S) groups is 1. The topological polar surface area (TPSA) is 48.1 Å². The Labute approximate surface area is 124 Å². The third-order valence-electron chi connectivity index (χ3n) is 3.11. The number of nitrogens with zero attached hydrogens (tertiary/aromatic N) is 1. The van der Waals surface area contributed by atoms with Crippen LogP contribution in [0.5, 0.6) is 11.6 Å². The van der Waals surface area contributed by atoms with Crippen LogP contribution in [0.25, 0.3) is 0 Å². The molecule has 2 N–H and O–H groups in total. The van der Waals surface area contributed by atoms with Crippen LogP contribution < -0.4 is 10.5 Å². The molecular formula is C16H18N2OS. The molecule has 0 saturated heterocycles. The number of pyridine rings is 1. The molecule has 3 nitrogen and oxygen atoms in total. The fourth-order valence-corrected chi connectivity index (χ4v) is 2.29. The first kappa shape index (κ1) is 14.5. The molecule has 0 bridgehead atoms. The Bertz CT molecular complexity index is 638. The Hall–Kier alpha value is -1.94. The summed E-state index contributed by atoms with van der Waals surface area (Å²) in [5.74, 6) is 1.67. The van der Waals surface area contributed by atoms with Crippen LogP contribution in [-0.2, 0) is 0 Å². The lowest BCUT2D eigenvalue weighted by atomic mass is 9.98. The second-order valence-electron chi connectivity index (χ2n) is 5.00. The summed E-state index contributed by atoms with van der Waals surface area (Å²) in [6.45, 7) is 6.42. The molecule has 0 saturated carbocycles. The van der Waals surface area contributed by atoms with Crippen molar-refractivity contribution in [3.63, 3.8) is 0 Å². The second kappa shape index (κ2) is 6.01. The van der Waals surface area contributed by atoms with Gasteiger partial charge in [-0.15, -0.1) is 0 Å². The minimum atomic E-state index is 0.281. The van der Waals surface area contributed by atoms with Gasteiger partial charge in [0.05, 0.1) is 5.56 Å². The quantitative estimate of drug-likeness (QED) is 0.865. The molecule has 2 aromatic rings. The average molecular weight is 286 g/mol. The smallest absolute Gasteiger partial charge is 0.229 e. The number of hydrogen-bond donors (Lipinski definition) is 1. The molecule has 1 aromatic heterocycles. The Morgan fingerprint density at radius 2 is 2.05 bits per heavy atom. The van der Waals surface area contributed by atoms with Crippen molar-refractivity contribution in [1.29, 1.82) is 0 Å². The van der Waals surface area contributed by atoms with Crippen molar-refractivity contribution >= 4 is 17.2 Å². The van der Waals surface area contributed by atoms with E-state index in [2.05, 4.69) is 31.8 Å². The van der Waals surface area contributed by atoms with Crippen molar-refractivity contribution in [3.05, 3.63) is 53.2 Å². The SMILES string of the molecule is Cc1cc(Oc2ncccc2C(N)=S)ccc1C(C)C. The van der Waals surface area contributed by atoms with E-state index in [1.807, 2.05) is 12.1 Å². The molecule has 1 aromatic carbocycles. The Morgan fingerprint density at radius 1 is 1.30 bits per heavy atom. The van der Waals surface area contributed by atoms with Crippen molar-refractivity contribution in [3.8, 4) is 11.6 Å². The maximum atomic E-state index is 5.81. The third-order valence-corrected chi connectivity index (χ3v) is 3.33. The van der Waals surface area contributed by atoms with E-state index in [0.717, 1.165) is 5.75 Å². The molecule has 0 atom stereocenters. The molecule has 4 heteroatoms. The molecule has 104 valence electrons. The van der Waals surface area contributed by atoms with Crippen LogP contribution in [0.2, 0.25) is 0 Å². The summed E-state index contributed by atoms with van der Waals surface area (Å²) in [6, 6.07) is 9.63. The van der Waals surface area contributed by atoms with Crippen LogP contribution in [-0.4, -0.2) is 9.97 Å². The van der Waals surface area contributed by atoms with Gasteiger partial charge in [0, 0.05) is 6.20 Å². The van der Waals surface area contributed by atoms with Gasteiger partial charge in [-0.2, -0.15) is 0 Å². The number of benzene rings is 1. The van der Waals surface area contributed by atoms with Crippen molar-refractivity contribution in [2.45, 2.75) is 26.7 Å². The molecule has 2 rings (SSSR count). The highest BCUT2D eigenvalue weighted by molar-refractivity contribution is 7.80. The molecule has 0 aliphatic carbocycles. The van der Waals surface area contributed by atoms with Gasteiger partial charge < -0.3 is 10.5 Å². The fraction of sp³-hybridized carbons (Fsp3) is 0.250. The first-order valence-electron chi connectivity index (χ1n) is 6.52. The molecule has 0 amide bonds. The van der Waals surface area contributed by atoms with Gasteiger partial charge in [0.15, 0.2) is 0 Å². The predicted molar refractivity (Wildman–Crippen MR) is 85.5 cm³/mol. The molecule has 0 spiro atoms. The number of aromatic nitrogens is 1. The maximum Gasteiger partial charge on any atom is 0.229 e. The summed E-state index contributed by atoms with van der Waals surface area (Å²) >= 11 is 5.00. The molecule has 0 unspecified atom stereocenters. The van der Waals surface area contributed by atoms with Gasteiger partial charge in [-0.25, -0.2) is 4.98 Å². The lowest BCUT2D eigenvalue weighted by molar-refractivity contribution is 0.461. The van der Waals surface area contributed by atoms with Gasteiger partial charge in [0.2, 0.25) is 5.88 Å². The monoisotopic (exact) mass is 286 g/mol. The zero-order valence-corrected chi connectivity index (χ0v) is 12.7. The molecule has 0 aliphatic rings. The molecule has 0 radical (unpaired) electrons. The highest BCUT2D eigenvalue weighted by atomic mass is 32.1. The highest BCUT2D eigenvalue weighted by Crippen LogP contribution is 2.27. The summed E-state index contributed by atoms with van der Waals surface area (Å²) in [4.78, 5) is 4.47. The van der Waals surface area contributed by atoms with Gasteiger partial charge in [0.25, 0.3) is 0 Å². The van der Waals surface area contributed by atoms with Crippen LogP contribution in [0.15, 0.2) is 36.5 Å². The minimum absolute atomic E-state index is 0.281. The maximum absolute atomic E-state index is 5.81. The van der Waals surface area contributed by atoms with Crippen molar-refractivity contribution in [2.75, 3.05) is 0 Å². The number of hydrogen-bond acceptors (Lipinski definition) is 3. The van der Waals surface area contributed by atoms with Crippen LogP contribution >= 0.6 is 12.2 Å². The van der Waals surface area contributed by atoms with E-state index in [9.17, 15) is 0 Å². The summed E-state index contributed by atoms with van der Waals surface area (Å²) in [5, 5.41) is 0. The number of nitrogens with two attached hydrogens (primary N) is 1. The molecule has 1 heterocycles. The zero-order chi connectivity index (χ0) is 14.7. The first-order valence-corrected chi connectivity index (χ1v) is 6.93. The van der Waals surface area contributed by atoms with Crippen LogP contribution in [0.1, 0.15) is 36.5 Å². The largest absolute Gasteiger partial charge is 0.438 e. The van der Waals surface area contributed by atoms with Crippen molar-refractivity contribution < 1.29 is 4.74 Å². The summed E-state index contributed by atoms with van der Waals surface area (Å²) < 4.78 is 5.81. The van der Waals surface area contributed by atoms with Crippen LogP contribution in [0.3, 0.4) is 0 Å². The van der Waals surface area contributed by atoms with E-state index in [1.54, 1.807) is 18.3 Å². The summed E-state index contributed by atoms with van der Waals surface area (Å²) in [7, 11) is 0. The zero-order valence-electron chi connectivity index (χ0n) is 11.9. The van der Waals surface area contributed by atoms with Gasteiger partial charge in [0.1, 0.15) is 10.7 Å². The lowest BCUT2D eigenvalue weighted by Gasteiger charge is -2.13. The standard InChI is InChI=1S/C16H18N2OS/c1-10(2)13-7-6-12(9-11(13)3)19-16-14(15(17)20)5-4-8-18-16/h4-10H,1-3H3,(H2,17,20). The van der Waals surface area contributed by atoms with Gasteiger partial charge >= 0.3 is 0 Å². The van der Waals surface area contributed by atoms with E-state index < -0.39 is 0 Å². The normalized spacial score (nSPS) is 10.6. The van der Waals surface area contributed by atoms with E-state index in [0.29, 0.717) is 17.4 Å². The molecular weight excluding hydrogens is 268 g/mol. The second-order valence-corrected chi connectivity index (χ2v) is 5.44. The van der Waals surface area contributed by atoms with Crippen molar-refractivity contribution in [2.24, 2.45) is 5.73 Å². The van der Waals surface area contributed by atoms with E-state index in [4.69, 9.17) is 22.7 Å². The molecule has 0 fully saturated rings. The Balaban J connectivity index is 2.31. The minimum Gasteiger partial charge on any atom is -0.438 e. The summed E-state index contributed by atoms with van der Waals surface area (Å²) in [5.41, 5.74) is 8.83. The number of aryl methyl sites for hydroxylation is 1. The van der Waals surface area contributed by atoms with Gasteiger partial charge in [-0.05, 0) is 48.2 Å². The summed E-state index contributed by atoms with van der Waals surface area (Å²) in [6.07, 6.45) is 1.66. The van der Waals surface area contributed by atoms with E-state index >= 15 is 0 Å². The van der Waals surface area contributed by atoms with Gasteiger partial charge in [-0.3, -0.25) is 0 Å². The number of ether oxygens (including phenoxy) is 1. The van der Waals surface area contributed by atoms with E-state index in [1.165, 1.54) is 11.1 Å². The Kier molecular flexibility index (Phi) is 4.35. The molecule has 0 aliphatic heterocycles. The fourth-order valence-electron chi connectivity index (χ4n) is 2.13. The van der Waals surface area contributed by atoms with Crippen LogP contribution in [0, 0.1) is 6.92 Å². The predicted octanol–water partition coefficient (Wildman–Crippen LogP) is 3.94.